The van der Waals surface area contributed by atoms with Gasteiger partial charge in [-0.25, -0.2) is 21.3 Å². The van der Waals surface area contributed by atoms with Gasteiger partial charge in [0, 0.05) is 0 Å². The Bertz CT molecular complexity index is 968. The van der Waals surface area contributed by atoms with E-state index >= 15 is 0 Å². The fourth-order valence-corrected chi connectivity index (χ4v) is 2.68. The molecule has 2 rings (SSSR count). The van der Waals surface area contributed by atoms with E-state index in [0.29, 0.717) is 11.5 Å². The molecule has 2 atom stereocenters. The van der Waals surface area contributed by atoms with E-state index in [2.05, 4.69) is 0 Å². The lowest BCUT2D eigenvalue weighted by molar-refractivity contribution is -0.165. The smallest absolute Gasteiger partial charge is 0.335 e. The van der Waals surface area contributed by atoms with Crippen molar-refractivity contribution in [3.63, 3.8) is 0 Å². The molecule has 0 aliphatic carbocycles. The number of aliphatic hydroxyl groups is 2. The predicted octanol–water partition coefficient (Wildman–Crippen LogP) is -0.778. The van der Waals surface area contributed by atoms with Crippen molar-refractivity contribution in [3.05, 3.63) is 58.7 Å². The number of rotatable bonds is 9. The number of carbonyl (C=O) groups excluding carboxylic acids is 2. The number of carboxylic acid groups (broad SMARTS) is 2. The van der Waals surface area contributed by atoms with Crippen LogP contribution in [0.5, 0.6) is 11.5 Å². The minimum atomic E-state index is -2.27. The average Bonchev–Trinajstić information content (AvgIpc) is 2.84. The molecule has 0 aromatic heterocycles. The molecule has 0 fully saturated rings. The Morgan fingerprint density at radius 2 is 0.921 bits per heavy atom. The van der Waals surface area contributed by atoms with E-state index < -0.39 is 24.1 Å². The molecule has 2 amide bonds. The first-order valence-corrected chi connectivity index (χ1v) is 10.9. The summed E-state index contributed by atoms with van der Waals surface area (Å²) in [5, 5.41) is 32.5. The lowest BCUT2D eigenvalue weighted by atomic mass is 10.1. The Kier molecular flexibility index (Phi) is 15.3. The molecule has 14 heteroatoms. The number of ether oxygens (including phenoxy) is 2. The number of carboxylic acids is 2. The number of carbonyl (C=O) groups is 4. The van der Waals surface area contributed by atoms with Crippen LogP contribution in [-0.2, 0) is 19.2 Å². The zero-order valence-corrected chi connectivity index (χ0v) is 21.4. The van der Waals surface area contributed by atoms with Crippen molar-refractivity contribution in [2.75, 3.05) is 13.2 Å². The molecule has 0 saturated heterocycles. The van der Waals surface area contributed by atoms with Crippen molar-refractivity contribution in [1.29, 1.82) is 0 Å². The number of hydrazine groups is 2. The summed E-state index contributed by atoms with van der Waals surface area (Å²) in [5.74, 6) is 6.98. The number of aliphatic carboxylic acids is 2. The third-order valence-corrected chi connectivity index (χ3v) is 4.26. The first-order chi connectivity index (χ1) is 17.7. The molecule has 0 radical (unpaired) electrons. The highest BCUT2D eigenvalue weighted by molar-refractivity contribution is 5.83. The minimum absolute atomic E-state index is 0.0562. The fraction of sp³-hybridized carbons (Fsp3) is 0.333. The highest BCUT2D eigenvalue weighted by atomic mass is 16.5. The zero-order valence-electron chi connectivity index (χ0n) is 21.4. The van der Waals surface area contributed by atoms with Crippen LogP contribution in [0.25, 0.3) is 0 Å². The summed E-state index contributed by atoms with van der Waals surface area (Å²) in [4.78, 5) is 41.1. The van der Waals surface area contributed by atoms with E-state index in [0.717, 1.165) is 22.3 Å². The molecule has 0 spiro atoms. The summed E-state index contributed by atoms with van der Waals surface area (Å²) in [6.45, 7) is 7.79. The Labute approximate surface area is 219 Å². The molecule has 14 nitrogen and oxygen atoms in total. The maximum absolute atomic E-state index is 10.8. The average molecular weight is 539 g/mol. The van der Waals surface area contributed by atoms with Crippen LogP contribution in [0, 0.1) is 27.7 Å². The number of aryl methyl sites for hydroxylation is 4. The van der Waals surface area contributed by atoms with Crippen molar-refractivity contribution in [3.8, 4) is 11.5 Å². The van der Waals surface area contributed by atoms with Crippen molar-refractivity contribution < 1.29 is 49.1 Å². The summed E-state index contributed by atoms with van der Waals surface area (Å²) in [5.41, 5.74) is 8.42. The molecule has 2 aromatic rings. The van der Waals surface area contributed by atoms with E-state index in [4.69, 9.17) is 41.6 Å². The summed E-state index contributed by atoms with van der Waals surface area (Å²) in [7, 11) is 0. The second-order valence-electron chi connectivity index (χ2n) is 7.93. The van der Waals surface area contributed by atoms with Gasteiger partial charge in [0.2, 0.25) is 0 Å². The first-order valence-electron chi connectivity index (χ1n) is 10.9. The maximum atomic E-state index is 10.8. The van der Waals surface area contributed by atoms with Crippen LogP contribution < -0.4 is 32.0 Å². The van der Waals surface area contributed by atoms with Gasteiger partial charge in [-0.2, -0.15) is 0 Å². The third kappa shape index (κ3) is 14.4. The van der Waals surface area contributed by atoms with Crippen LogP contribution in [0.2, 0.25) is 0 Å². The normalized spacial score (nSPS) is 11.3. The van der Waals surface area contributed by atoms with Gasteiger partial charge in [-0.15, -0.1) is 0 Å². The Balaban J connectivity index is 0.000000551. The van der Waals surface area contributed by atoms with Crippen molar-refractivity contribution in [2.45, 2.75) is 39.9 Å². The number of nitrogens with one attached hydrogen (secondary N) is 2. The van der Waals surface area contributed by atoms with Crippen LogP contribution >= 0.6 is 0 Å². The summed E-state index contributed by atoms with van der Waals surface area (Å²) in [6.07, 6.45) is -4.53. The van der Waals surface area contributed by atoms with Gasteiger partial charge >= 0.3 is 11.9 Å². The highest BCUT2D eigenvalue weighted by Crippen LogP contribution is 2.16. The minimum Gasteiger partial charge on any atom is -0.484 e. The molecule has 38 heavy (non-hydrogen) atoms. The van der Waals surface area contributed by atoms with Gasteiger partial charge in [0.25, 0.3) is 11.8 Å². The van der Waals surface area contributed by atoms with E-state index in [1.54, 1.807) is 0 Å². The summed E-state index contributed by atoms with van der Waals surface area (Å²) in [6, 6.07) is 11.6. The van der Waals surface area contributed by atoms with Crippen molar-refractivity contribution in [1.82, 2.24) is 10.9 Å². The lowest BCUT2D eigenvalue weighted by Gasteiger charge is -2.07. The van der Waals surface area contributed by atoms with Gasteiger partial charge in [0.15, 0.2) is 25.4 Å². The monoisotopic (exact) mass is 538 g/mol. The molecule has 0 aliphatic rings. The first kappa shape index (κ1) is 33.8. The van der Waals surface area contributed by atoms with Gasteiger partial charge in [-0.1, -0.05) is 12.1 Å². The molecule has 210 valence electrons. The Hall–Kier alpha value is -4.24. The molecule has 0 bridgehead atoms. The molecule has 0 saturated carbocycles. The molecule has 0 heterocycles. The van der Waals surface area contributed by atoms with E-state index in [-0.39, 0.29) is 25.0 Å². The number of hydrogen-bond acceptors (Lipinski definition) is 10. The van der Waals surface area contributed by atoms with Gasteiger partial charge < -0.3 is 29.9 Å². The molecule has 2 unspecified atom stereocenters. The number of aliphatic hydroxyl groups excluding tert-OH is 2. The Morgan fingerprint density at radius 1 is 0.658 bits per heavy atom. The number of nitrogens with two attached hydrogens (primary N) is 2. The van der Waals surface area contributed by atoms with Crippen LogP contribution in [0.4, 0.5) is 0 Å². The SMILES string of the molecule is Cc1cc(C)cc(OCC(=O)NN)c1.Cc1cc(C)cc(OCC(=O)NN)c1.O=C(O)C(O)C(O)C(=O)O. The van der Waals surface area contributed by atoms with E-state index in [1.165, 1.54) is 0 Å². The Morgan fingerprint density at radius 3 is 1.13 bits per heavy atom. The second-order valence-corrected chi connectivity index (χ2v) is 7.93. The van der Waals surface area contributed by atoms with Crippen LogP contribution in [-0.4, -0.2) is 69.6 Å². The van der Waals surface area contributed by atoms with Crippen molar-refractivity contribution >= 4 is 23.8 Å². The van der Waals surface area contributed by atoms with Crippen molar-refractivity contribution in [2.24, 2.45) is 11.7 Å². The van der Waals surface area contributed by atoms with Crippen LogP contribution in [0.1, 0.15) is 22.3 Å². The summed E-state index contributed by atoms with van der Waals surface area (Å²) < 4.78 is 10.5. The summed E-state index contributed by atoms with van der Waals surface area (Å²) >= 11 is 0. The topological polar surface area (TPSA) is 244 Å². The van der Waals surface area contributed by atoms with E-state index in [9.17, 15) is 19.2 Å². The maximum Gasteiger partial charge on any atom is 0.335 e. The third-order valence-electron chi connectivity index (χ3n) is 4.26. The molecular formula is C24H34N4O10. The predicted molar refractivity (Wildman–Crippen MR) is 135 cm³/mol. The molecule has 10 N–H and O–H groups in total. The largest absolute Gasteiger partial charge is 0.484 e. The number of hydrogen-bond donors (Lipinski definition) is 8. The zero-order chi connectivity index (χ0) is 29.4. The molecule has 2 aromatic carbocycles. The second kappa shape index (κ2) is 17.3. The van der Waals surface area contributed by atoms with Gasteiger partial charge in [-0.05, 0) is 74.2 Å². The standard InChI is InChI=1S/2C10H14N2O2.C4H6O6/c2*1-7-3-8(2)5-9(4-7)14-6-10(13)12-11;5-1(3(7)8)2(6)4(9)10/h2*3-5H,6,11H2,1-2H3,(H,12,13);1-2,5-6H,(H,7,8)(H,9,10). The highest BCUT2D eigenvalue weighted by Gasteiger charge is 2.29. The quantitative estimate of drug-likeness (QED) is 0.111. The molecule has 0 aliphatic heterocycles. The number of benzene rings is 2. The van der Waals surface area contributed by atoms with Gasteiger partial charge in [0.1, 0.15) is 11.5 Å². The fourth-order valence-electron chi connectivity index (χ4n) is 2.68. The molecular weight excluding hydrogens is 504 g/mol. The lowest BCUT2D eigenvalue weighted by Crippen LogP contribution is -2.39. The van der Waals surface area contributed by atoms with Crippen LogP contribution in [0.15, 0.2) is 36.4 Å². The van der Waals surface area contributed by atoms with Gasteiger partial charge in [0.05, 0.1) is 0 Å². The number of amides is 2. The van der Waals surface area contributed by atoms with Gasteiger partial charge in [-0.3, -0.25) is 20.4 Å². The van der Waals surface area contributed by atoms with E-state index in [1.807, 2.05) is 74.9 Å². The van der Waals surface area contributed by atoms with Crippen LogP contribution in [0.3, 0.4) is 0 Å².